The summed E-state index contributed by atoms with van der Waals surface area (Å²) in [6, 6.07) is 3.25. The van der Waals surface area contributed by atoms with Crippen molar-refractivity contribution in [2.45, 2.75) is 19.4 Å². The zero-order chi connectivity index (χ0) is 14.0. The van der Waals surface area contributed by atoms with Crippen LogP contribution in [0.2, 0.25) is 5.02 Å². The molecule has 2 N–H and O–H groups in total. The van der Waals surface area contributed by atoms with E-state index in [9.17, 15) is 0 Å². The Balaban J connectivity index is 2.17. The van der Waals surface area contributed by atoms with Crippen LogP contribution in [0.1, 0.15) is 23.1 Å². The topological polar surface area (TPSA) is 78.9 Å². The molecular weight excluding hydrogens is 266 g/mol. The minimum Gasteiger partial charge on any atom is -0.480 e. The maximum absolute atomic E-state index is 6.20. The first-order chi connectivity index (χ1) is 9.02. The quantitative estimate of drug-likeness (QED) is 0.917. The Labute approximate surface area is 116 Å². The molecule has 0 saturated carbocycles. The summed E-state index contributed by atoms with van der Waals surface area (Å²) in [5.41, 5.74) is 8.50. The molecule has 2 aromatic rings. The summed E-state index contributed by atoms with van der Waals surface area (Å²) in [6.07, 6.45) is 0.553. The normalized spacial score (nSPS) is 12.5. The van der Waals surface area contributed by atoms with E-state index in [0.717, 1.165) is 11.4 Å². The average Bonchev–Trinajstić information content (AvgIpc) is 2.65. The van der Waals surface area contributed by atoms with Crippen molar-refractivity contribution in [3.8, 4) is 5.88 Å². The summed E-state index contributed by atoms with van der Waals surface area (Å²) >= 11 is 6.20. The molecule has 0 fully saturated rings. The smallest absolute Gasteiger partial charge is 0.233 e. The summed E-state index contributed by atoms with van der Waals surface area (Å²) in [7, 11) is 3.39. The molecule has 6 nitrogen and oxygen atoms in total. The van der Waals surface area contributed by atoms with E-state index in [4.69, 9.17) is 22.1 Å². The van der Waals surface area contributed by atoms with Crippen molar-refractivity contribution in [2.75, 3.05) is 7.11 Å². The Morgan fingerprint density at radius 2 is 2.16 bits per heavy atom. The molecule has 1 atom stereocenters. The fourth-order valence-electron chi connectivity index (χ4n) is 1.85. The van der Waals surface area contributed by atoms with E-state index in [1.165, 1.54) is 0 Å². The third-order valence-corrected chi connectivity index (χ3v) is 3.42. The van der Waals surface area contributed by atoms with Gasteiger partial charge in [-0.2, -0.15) is 10.2 Å². The van der Waals surface area contributed by atoms with Crippen LogP contribution in [0.4, 0.5) is 0 Å². The van der Waals surface area contributed by atoms with E-state index in [1.54, 1.807) is 23.9 Å². The molecule has 0 bridgehead atoms. The van der Waals surface area contributed by atoms with Crippen molar-refractivity contribution in [3.63, 3.8) is 0 Å². The van der Waals surface area contributed by atoms with Crippen molar-refractivity contribution < 1.29 is 4.74 Å². The molecule has 0 aliphatic carbocycles. The van der Waals surface area contributed by atoms with Gasteiger partial charge in [-0.3, -0.25) is 4.68 Å². The molecule has 2 aromatic heterocycles. The van der Waals surface area contributed by atoms with Gasteiger partial charge in [-0.05, 0) is 13.0 Å². The number of rotatable bonds is 4. The number of aromatic nitrogens is 4. The first kappa shape index (κ1) is 13.8. The molecule has 0 aliphatic rings. The zero-order valence-corrected chi connectivity index (χ0v) is 11.8. The van der Waals surface area contributed by atoms with Crippen molar-refractivity contribution >= 4 is 11.6 Å². The second-order valence-electron chi connectivity index (χ2n) is 4.28. The van der Waals surface area contributed by atoms with Gasteiger partial charge in [0.2, 0.25) is 5.88 Å². The number of methoxy groups -OCH3 is 1. The van der Waals surface area contributed by atoms with Gasteiger partial charge in [0, 0.05) is 19.5 Å². The van der Waals surface area contributed by atoms with Crippen LogP contribution in [-0.4, -0.2) is 27.1 Å². The lowest BCUT2D eigenvalue weighted by Crippen LogP contribution is -2.17. The molecule has 0 aromatic carbocycles. The minimum absolute atomic E-state index is 0.286. The van der Waals surface area contributed by atoms with Crippen LogP contribution in [-0.2, 0) is 13.5 Å². The number of aryl methyl sites for hydroxylation is 2. The molecule has 0 radical (unpaired) electrons. The Kier molecular flexibility index (Phi) is 4.01. The number of hydrogen-bond acceptors (Lipinski definition) is 5. The number of nitrogens with zero attached hydrogens (tertiary/aromatic N) is 4. The molecule has 2 rings (SSSR count). The second-order valence-corrected chi connectivity index (χ2v) is 4.66. The lowest BCUT2D eigenvalue weighted by atomic mass is 10.1. The van der Waals surface area contributed by atoms with Crippen LogP contribution in [0.3, 0.4) is 0 Å². The van der Waals surface area contributed by atoms with E-state index in [0.29, 0.717) is 23.0 Å². The molecule has 0 saturated heterocycles. The SMILES string of the molecule is COc1ccc(C(N)Cc2c(Cl)c(C)nn2C)nn1. The van der Waals surface area contributed by atoms with Crippen LogP contribution in [0.5, 0.6) is 5.88 Å². The highest BCUT2D eigenvalue weighted by Crippen LogP contribution is 2.23. The maximum Gasteiger partial charge on any atom is 0.233 e. The van der Waals surface area contributed by atoms with Crippen LogP contribution in [0.25, 0.3) is 0 Å². The van der Waals surface area contributed by atoms with Crippen LogP contribution in [0, 0.1) is 6.92 Å². The Bertz CT molecular complexity index is 566. The van der Waals surface area contributed by atoms with Crippen LogP contribution < -0.4 is 10.5 Å². The number of halogens is 1. The van der Waals surface area contributed by atoms with Gasteiger partial charge in [-0.15, -0.1) is 5.10 Å². The van der Waals surface area contributed by atoms with Crippen molar-refractivity contribution in [1.29, 1.82) is 0 Å². The molecular formula is C12H16ClN5O. The molecule has 2 heterocycles. The van der Waals surface area contributed by atoms with Crippen molar-refractivity contribution in [2.24, 2.45) is 12.8 Å². The van der Waals surface area contributed by atoms with E-state index >= 15 is 0 Å². The zero-order valence-electron chi connectivity index (χ0n) is 11.1. The van der Waals surface area contributed by atoms with Gasteiger partial charge in [0.25, 0.3) is 0 Å². The molecule has 102 valence electrons. The third-order valence-electron chi connectivity index (χ3n) is 2.92. The third kappa shape index (κ3) is 2.85. The van der Waals surface area contributed by atoms with Crippen molar-refractivity contribution in [1.82, 2.24) is 20.0 Å². The maximum atomic E-state index is 6.20. The Morgan fingerprint density at radius 1 is 1.42 bits per heavy atom. The molecule has 0 aliphatic heterocycles. The summed E-state index contributed by atoms with van der Waals surface area (Å²) in [6.45, 7) is 1.87. The molecule has 0 spiro atoms. The molecule has 7 heteroatoms. The average molecular weight is 282 g/mol. The summed E-state index contributed by atoms with van der Waals surface area (Å²) in [4.78, 5) is 0. The lowest BCUT2D eigenvalue weighted by molar-refractivity contribution is 0.390. The van der Waals surface area contributed by atoms with E-state index in [2.05, 4.69) is 15.3 Å². The van der Waals surface area contributed by atoms with E-state index < -0.39 is 0 Å². The minimum atomic E-state index is -0.286. The fourth-order valence-corrected chi connectivity index (χ4v) is 2.09. The largest absolute Gasteiger partial charge is 0.480 e. The summed E-state index contributed by atoms with van der Waals surface area (Å²) in [5.74, 6) is 0.463. The predicted octanol–water partition coefficient (Wildman–Crippen LogP) is 1.42. The van der Waals surface area contributed by atoms with Gasteiger partial charge >= 0.3 is 0 Å². The number of ether oxygens (including phenoxy) is 1. The first-order valence-corrected chi connectivity index (χ1v) is 6.22. The lowest BCUT2D eigenvalue weighted by Gasteiger charge is -2.11. The Morgan fingerprint density at radius 3 is 2.63 bits per heavy atom. The summed E-state index contributed by atoms with van der Waals surface area (Å²) in [5, 5.41) is 12.9. The highest BCUT2D eigenvalue weighted by atomic mass is 35.5. The van der Waals surface area contributed by atoms with E-state index in [1.807, 2.05) is 14.0 Å². The van der Waals surface area contributed by atoms with Crippen LogP contribution >= 0.6 is 11.6 Å². The number of hydrogen-bond donors (Lipinski definition) is 1. The summed E-state index contributed by atoms with van der Waals surface area (Å²) < 4.78 is 6.70. The van der Waals surface area contributed by atoms with Gasteiger partial charge < -0.3 is 10.5 Å². The standard InChI is InChI=1S/C12H16ClN5O/c1-7-12(13)10(18(2)17-7)6-8(14)9-4-5-11(19-3)16-15-9/h4-5,8H,6,14H2,1-3H3. The van der Waals surface area contributed by atoms with Gasteiger partial charge in [0.15, 0.2) is 0 Å². The van der Waals surface area contributed by atoms with Crippen molar-refractivity contribution in [3.05, 3.63) is 34.2 Å². The van der Waals surface area contributed by atoms with Crippen LogP contribution in [0.15, 0.2) is 12.1 Å². The second kappa shape index (κ2) is 5.54. The monoisotopic (exact) mass is 281 g/mol. The molecule has 19 heavy (non-hydrogen) atoms. The molecule has 1 unspecified atom stereocenters. The first-order valence-electron chi connectivity index (χ1n) is 5.84. The van der Waals surface area contributed by atoms with Gasteiger partial charge in [0.05, 0.1) is 35.3 Å². The van der Waals surface area contributed by atoms with Gasteiger partial charge in [0.1, 0.15) is 0 Å². The van der Waals surface area contributed by atoms with E-state index in [-0.39, 0.29) is 6.04 Å². The predicted molar refractivity (Wildman–Crippen MR) is 72.2 cm³/mol. The van der Waals surface area contributed by atoms with Gasteiger partial charge in [-0.1, -0.05) is 11.6 Å². The number of nitrogens with two attached hydrogens (primary N) is 1. The highest BCUT2D eigenvalue weighted by molar-refractivity contribution is 6.31. The fraction of sp³-hybridized carbons (Fsp3) is 0.417. The highest BCUT2D eigenvalue weighted by Gasteiger charge is 2.17. The molecule has 0 amide bonds. The van der Waals surface area contributed by atoms with Gasteiger partial charge in [-0.25, -0.2) is 0 Å². The Hall–Kier alpha value is -1.66.